The first kappa shape index (κ1) is 11.2. The molecule has 0 unspecified atom stereocenters. The molecular formula is C11H19N. The van der Waals surface area contributed by atoms with Gasteiger partial charge in [-0.2, -0.15) is 0 Å². The Kier molecular flexibility index (Phi) is 9.43. The number of unbranched alkanes of at least 4 members (excludes halogenated alkanes) is 1. The summed E-state index contributed by atoms with van der Waals surface area (Å²) in [5.74, 6) is 0. The smallest absolute Gasteiger partial charge is 0.0389 e. The first-order valence-electron chi connectivity index (χ1n) is 4.73. The van der Waals surface area contributed by atoms with Gasteiger partial charge in [0.05, 0.1) is 0 Å². The second kappa shape index (κ2) is 10.2. The Morgan fingerprint density at radius 1 is 1.08 bits per heavy atom. The van der Waals surface area contributed by atoms with Gasteiger partial charge in [0.25, 0.3) is 0 Å². The van der Waals surface area contributed by atoms with E-state index in [1.165, 1.54) is 12.8 Å². The van der Waals surface area contributed by atoms with Gasteiger partial charge in [-0.05, 0) is 18.9 Å². The van der Waals surface area contributed by atoms with E-state index in [1.807, 2.05) is 24.4 Å². The van der Waals surface area contributed by atoms with Crippen LogP contribution in [-0.4, -0.2) is 12.8 Å². The van der Waals surface area contributed by atoms with E-state index in [2.05, 4.69) is 24.9 Å². The Bertz CT molecular complexity index is 154. The third kappa shape index (κ3) is 9.15. The number of nitrogens with zero attached hydrogens (tertiary/aromatic N) is 1. The van der Waals surface area contributed by atoms with Crippen molar-refractivity contribution in [3.63, 3.8) is 0 Å². The lowest BCUT2D eigenvalue weighted by Gasteiger charge is -1.85. The van der Waals surface area contributed by atoms with Crippen molar-refractivity contribution in [3.8, 4) is 0 Å². The van der Waals surface area contributed by atoms with Crippen molar-refractivity contribution in [2.75, 3.05) is 6.54 Å². The quantitative estimate of drug-likeness (QED) is 0.325. The maximum absolute atomic E-state index is 4.21. The van der Waals surface area contributed by atoms with Crippen LogP contribution in [0, 0.1) is 0 Å². The highest BCUT2D eigenvalue weighted by atomic mass is 14.7. The second-order valence-corrected chi connectivity index (χ2v) is 2.63. The summed E-state index contributed by atoms with van der Waals surface area (Å²) < 4.78 is 0. The van der Waals surface area contributed by atoms with E-state index in [9.17, 15) is 0 Å². The Morgan fingerprint density at radius 3 is 2.58 bits per heavy atom. The Labute approximate surface area is 75.9 Å². The molecule has 0 heterocycles. The van der Waals surface area contributed by atoms with E-state index >= 15 is 0 Å². The van der Waals surface area contributed by atoms with Crippen LogP contribution in [0.2, 0.25) is 0 Å². The third-order valence-electron chi connectivity index (χ3n) is 1.43. The number of rotatable bonds is 6. The molecule has 0 aromatic heterocycles. The van der Waals surface area contributed by atoms with Gasteiger partial charge in [-0.3, -0.25) is 4.99 Å². The first-order chi connectivity index (χ1) is 5.91. The highest BCUT2D eigenvalue weighted by molar-refractivity contribution is 5.71. The number of aliphatic imine (C=N–C) groups is 1. The Balaban J connectivity index is 3.32. The fourth-order valence-corrected chi connectivity index (χ4v) is 0.713. The SMILES string of the molecule is CC/C=C/C=C/C=NCCCC. The van der Waals surface area contributed by atoms with Crippen molar-refractivity contribution in [1.29, 1.82) is 0 Å². The van der Waals surface area contributed by atoms with Gasteiger partial charge >= 0.3 is 0 Å². The number of hydrogen-bond acceptors (Lipinski definition) is 1. The van der Waals surface area contributed by atoms with Gasteiger partial charge in [0, 0.05) is 12.8 Å². The topological polar surface area (TPSA) is 12.4 Å². The predicted molar refractivity (Wildman–Crippen MR) is 56.8 cm³/mol. The molecule has 0 atom stereocenters. The van der Waals surface area contributed by atoms with E-state index in [1.54, 1.807) is 0 Å². The molecule has 0 aromatic rings. The molecule has 1 heteroatoms. The van der Waals surface area contributed by atoms with Crippen LogP contribution < -0.4 is 0 Å². The molecule has 0 saturated carbocycles. The highest BCUT2D eigenvalue weighted by Crippen LogP contribution is 1.85. The minimum absolute atomic E-state index is 0.957. The largest absolute Gasteiger partial charge is 0.293 e. The van der Waals surface area contributed by atoms with E-state index in [0.29, 0.717) is 0 Å². The number of hydrogen-bond donors (Lipinski definition) is 0. The number of allylic oxidation sites excluding steroid dienone is 4. The van der Waals surface area contributed by atoms with Gasteiger partial charge in [-0.15, -0.1) is 0 Å². The summed E-state index contributed by atoms with van der Waals surface area (Å²) in [6, 6.07) is 0. The van der Waals surface area contributed by atoms with Gasteiger partial charge in [0.2, 0.25) is 0 Å². The summed E-state index contributed by atoms with van der Waals surface area (Å²) in [7, 11) is 0. The molecule has 0 rings (SSSR count). The average molecular weight is 165 g/mol. The maximum atomic E-state index is 4.21. The maximum Gasteiger partial charge on any atom is 0.0389 e. The van der Waals surface area contributed by atoms with Crippen molar-refractivity contribution in [2.45, 2.75) is 33.1 Å². The minimum Gasteiger partial charge on any atom is -0.293 e. The molecule has 0 fully saturated rings. The van der Waals surface area contributed by atoms with Crippen LogP contribution in [0.5, 0.6) is 0 Å². The molecule has 68 valence electrons. The van der Waals surface area contributed by atoms with E-state index in [4.69, 9.17) is 0 Å². The molecule has 0 aromatic carbocycles. The average Bonchev–Trinajstić information content (AvgIpc) is 2.10. The fourth-order valence-electron chi connectivity index (χ4n) is 0.713. The summed E-state index contributed by atoms with van der Waals surface area (Å²) >= 11 is 0. The van der Waals surface area contributed by atoms with Crippen molar-refractivity contribution in [1.82, 2.24) is 0 Å². The molecule has 0 saturated heterocycles. The van der Waals surface area contributed by atoms with Gasteiger partial charge < -0.3 is 0 Å². The first-order valence-corrected chi connectivity index (χ1v) is 4.73. The lowest BCUT2D eigenvalue weighted by atomic mass is 10.3. The second-order valence-electron chi connectivity index (χ2n) is 2.63. The third-order valence-corrected chi connectivity index (χ3v) is 1.43. The molecule has 0 bridgehead atoms. The molecule has 0 aliphatic carbocycles. The monoisotopic (exact) mass is 165 g/mol. The standard InChI is InChI=1S/C11H19N/c1-3-5-7-8-9-11-12-10-6-4-2/h5,7-9,11H,3-4,6,10H2,1-2H3/b7-5+,9-8+,12-11?. The minimum atomic E-state index is 0.957. The summed E-state index contributed by atoms with van der Waals surface area (Å²) in [4.78, 5) is 4.21. The van der Waals surface area contributed by atoms with Crippen LogP contribution in [0.15, 0.2) is 29.3 Å². The Morgan fingerprint density at radius 2 is 1.92 bits per heavy atom. The summed E-state index contributed by atoms with van der Waals surface area (Å²) in [6.45, 7) is 5.26. The lowest BCUT2D eigenvalue weighted by molar-refractivity contribution is 0.810. The molecule has 0 spiro atoms. The van der Waals surface area contributed by atoms with Crippen molar-refractivity contribution >= 4 is 6.21 Å². The van der Waals surface area contributed by atoms with Crippen LogP contribution in [0.3, 0.4) is 0 Å². The van der Waals surface area contributed by atoms with Gasteiger partial charge in [-0.25, -0.2) is 0 Å². The van der Waals surface area contributed by atoms with Gasteiger partial charge in [0.1, 0.15) is 0 Å². The molecule has 0 aliphatic heterocycles. The van der Waals surface area contributed by atoms with Crippen molar-refractivity contribution in [2.24, 2.45) is 4.99 Å². The van der Waals surface area contributed by atoms with E-state index < -0.39 is 0 Å². The molecular weight excluding hydrogens is 146 g/mol. The van der Waals surface area contributed by atoms with Crippen LogP contribution in [-0.2, 0) is 0 Å². The highest BCUT2D eigenvalue weighted by Gasteiger charge is 1.74. The predicted octanol–water partition coefficient (Wildman–Crippen LogP) is 3.38. The van der Waals surface area contributed by atoms with Crippen molar-refractivity contribution in [3.05, 3.63) is 24.3 Å². The van der Waals surface area contributed by atoms with Crippen LogP contribution in [0.25, 0.3) is 0 Å². The van der Waals surface area contributed by atoms with Crippen LogP contribution in [0.1, 0.15) is 33.1 Å². The van der Waals surface area contributed by atoms with Crippen LogP contribution in [0.4, 0.5) is 0 Å². The molecule has 12 heavy (non-hydrogen) atoms. The molecule has 1 nitrogen and oxygen atoms in total. The molecule has 0 amide bonds. The normalized spacial score (nSPS) is 12.5. The summed E-state index contributed by atoms with van der Waals surface area (Å²) in [6.07, 6.45) is 13.5. The van der Waals surface area contributed by atoms with E-state index in [-0.39, 0.29) is 0 Å². The van der Waals surface area contributed by atoms with Crippen molar-refractivity contribution < 1.29 is 0 Å². The zero-order valence-electron chi connectivity index (χ0n) is 8.16. The Hall–Kier alpha value is -0.850. The lowest BCUT2D eigenvalue weighted by Crippen LogP contribution is -1.77. The zero-order chi connectivity index (χ0) is 9.07. The van der Waals surface area contributed by atoms with E-state index in [0.717, 1.165) is 13.0 Å². The fraction of sp³-hybridized carbons (Fsp3) is 0.545. The molecule has 0 aliphatic rings. The van der Waals surface area contributed by atoms with Gasteiger partial charge in [-0.1, -0.05) is 38.5 Å². The van der Waals surface area contributed by atoms with Gasteiger partial charge in [0.15, 0.2) is 0 Å². The molecule has 0 N–H and O–H groups in total. The zero-order valence-corrected chi connectivity index (χ0v) is 8.16. The summed E-state index contributed by atoms with van der Waals surface area (Å²) in [5, 5.41) is 0. The summed E-state index contributed by atoms with van der Waals surface area (Å²) in [5.41, 5.74) is 0. The van der Waals surface area contributed by atoms with Crippen LogP contribution >= 0.6 is 0 Å². The molecule has 0 radical (unpaired) electrons.